The molecule has 202 valence electrons. The van der Waals surface area contributed by atoms with Gasteiger partial charge in [-0.15, -0.1) is 0 Å². The van der Waals surface area contributed by atoms with E-state index in [0.29, 0.717) is 17.2 Å². The van der Waals surface area contributed by atoms with Gasteiger partial charge >= 0.3 is 0 Å². The zero-order valence-electron chi connectivity index (χ0n) is 22.7. The van der Waals surface area contributed by atoms with Gasteiger partial charge in [-0.25, -0.2) is 9.97 Å². The summed E-state index contributed by atoms with van der Waals surface area (Å²) in [5.41, 5.74) is 6.82. The van der Waals surface area contributed by atoms with E-state index in [2.05, 4.69) is 55.5 Å². The molecular formula is C32H33N7O. The van der Waals surface area contributed by atoms with E-state index in [9.17, 15) is 4.79 Å². The van der Waals surface area contributed by atoms with E-state index in [0.717, 1.165) is 60.9 Å². The van der Waals surface area contributed by atoms with Crippen molar-refractivity contribution in [1.29, 1.82) is 0 Å². The molecule has 0 saturated carbocycles. The summed E-state index contributed by atoms with van der Waals surface area (Å²) < 4.78 is 0. The number of rotatable bonds is 9. The van der Waals surface area contributed by atoms with Crippen LogP contribution in [0.4, 0.5) is 17.3 Å². The maximum Gasteiger partial charge on any atom is 0.255 e. The highest BCUT2D eigenvalue weighted by Gasteiger charge is 2.17. The van der Waals surface area contributed by atoms with Crippen LogP contribution < -0.4 is 10.6 Å². The summed E-state index contributed by atoms with van der Waals surface area (Å²) in [5.74, 6) is 0.262. The monoisotopic (exact) mass is 531 g/mol. The number of allylic oxidation sites excluding steroid dienone is 1. The number of amides is 1. The Kier molecular flexibility index (Phi) is 8.27. The van der Waals surface area contributed by atoms with Gasteiger partial charge in [-0.3, -0.25) is 14.7 Å². The molecule has 3 heterocycles. The number of anilines is 3. The SMILES string of the molecule is C=Cc1ccc(NC(=O)c2ccc(CN3CCN(C(=C)C)CC3)cc2)cc1Nc1nccc(-c2cccnc2)n1. The Morgan fingerprint density at radius 1 is 1.02 bits per heavy atom. The molecule has 8 nitrogen and oxygen atoms in total. The highest BCUT2D eigenvalue weighted by atomic mass is 16.1. The van der Waals surface area contributed by atoms with Crippen LogP contribution in [0.2, 0.25) is 0 Å². The van der Waals surface area contributed by atoms with Crippen LogP contribution in [0.5, 0.6) is 0 Å². The summed E-state index contributed by atoms with van der Waals surface area (Å²) in [6.07, 6.45) is 6.93. The van der Waals surface area contributed by atoms with Crippen molar-refractivity contribution in [3.63, 3.8) is 0 Å². The van der Waals surface area contributed by atoms with E-state index >= 15 is 0 Å². The fourth-order valence-corrected chi connectivity index (χ4v) is 4.65. The zero-order chi connectivity index (χ0) is 27.9. The normalized spacial score (nSPS) is 13.5. The predicted octanol–water partition coefficient (Wildman–Crippen LogP) is 5.83. The van der Waals surface area contributed by atoms with Gasteiger partial charge in [0.25, 0.3) is 5.91 Å². The summed E-state index contributed by atoms with van der Waals surface area (Å²) in [6.45, 7) is 14.9. The van der Waals surface area contributed by atoms with Gasteiger partial charge < -0.3 is 15.5 Å². The third-order valence-electron chi connectivity index (χ3n) is 6.92. The minimum Gasteiger partial charge on any atom is -0.373 e. The molecule has 1 saturated heterocycles. The van der Waals surface area contributed by atoms with Gasteiger partial charge in [0.05, 0.1) is 11.4 Å². The fraction of sp³-hybridized carbons (Fsp3) is 0.188. The van der Waals surface area contributed by atoms with Crippen LogP contribution in [0.3, 0.4) is 0 Å². The molecule has 0 radical (unpaired) electrons. The van der Waals surface area contributed by atoms with E-state index < -0.39 is 0 Å². The van der Waals surface area contributed by atoms with E-state index in [4.69, 9.17) is 0 Å². The Labute approximate surface area is 235 Å². The van der Waals surface area contributed by atoms with Crippen LogP contribution in [-0.2, 0) is 6.54 Å². The number of nitrogens with one attached hydrogen (secondary N) is 2. The second-order valence-corrected chi connectivity index (χ2v) is 9.79. The largest absolute Gasteiger partial charge is 0.373 e. The molecule has 0 unspecified atom stereocenters. The Hall–Kier alpha value is -4.82. The Bertz CT molecular complexity index is 1490. The van der Waals surface area contributed by atoms with Gasteiger partial charge in [0.1, 0.15) is 0 Å². The van der Waals surface area contributed by atoms with Gasteiger partial charge in [-0.05, 0) is 60.5 Å². The molecule has 0 aliphatic carbocycles. The average Bonchev–Trinajstić information content (AvgIpc) is 2.98. The second kappa shape index (κ2) is 12.4. The number of hydrogen-bond acceptors (Lipinski definition) is 7. The molecule has 2 aromatic heterocycles. The maximum atomic E-state index is 13.0. The quantitative estimate of drug-likeness (QED) is 0.281. The topological polar surface area (TPSA) is 86.3 Å². The van der Waals surface area contributed by atoms with Crippen molar-refractivity contribution in [3.8, 4) is 11.3 Å². The third kappa shape index (κ3) is 6.59. The first-order chi connectivity index (χ1) is 19.5. The van der Waals surface area contributed by atoms with E-state index in [-0.39, 0.29) is 5.91 Å². The number of aromatic nitrogens is 3. The van der Waals surface area contributed by atoms with E-state index in [1.165, 1.54) is 5.56 Å². The molecule has 1 amide bonds. The van der Waals surface area contributed by atoms with Crippen LogP contribution in [-0.4, -0.2) is 56.8 Å². The maximum absolute atomic E-state index is 13.0. The molecule has 0 spiro atoms. The summed E-state index contributed by atoms with van der Waals surface area (Å²) in [7, 11) is 0. The van der Waals surface area contributed by atoms with Crippen molar-refractivity contribution in [2.75, 3.05) is 36.8 Å². The Morgan fingerprint density at radius 3 is 2.52 bits per heavy atom. The predicted molar refractivity (Wildman–Crippen MR) is 161 cm³/mol. The van der Waals surface area contributed by atoms with Crippen molar-refractivity contribution >= 4 is 29.3 Å². The van der Waals surface area contributed by atoms with Gasteiger partial charge in [-0.1, -0.05) is 37.4 Å². The standard InChI is InChI=1S/C32H33N7O/c1-4-25-11-12-28(20-30(25)37-32-34-15-13-29(36-32)27-6-5-14-33-21-27)35-31(40)26-9-7-24(8-10-26)22-38-16-18-39(19-17-38)23(2)3/h4-15,20-21H,1-2,16-19,22H2,3H3,(H,35,40)(H,34,36,37). The summed E-state index contributed by atoms with van der Waals surface area (Å²) >= 11 is 0. The van der Waals surface area contributed by atoms with Crippen molar-refractivity contribution < 1.29 is 4.79 Å². The fourth-order valence-electron chi connectivity index (χ4n) is 4.65. The molecule has 0 bridgehead atoms. The molecule has 4 aromatic rings. The molecule has 2 N–H and O–H groups in total. The molecule has 1 aliphatic heterocycles. The molecular weight excluding hydrogens is 498 g/mol. The first kappa shape index (κ1) is 26.8. The van der Waals surface area contributed by atoms with Gasteiger partial charge in [0, 0.05) is 73.8 Å². The van der Waals surface area contributed by atoms with Crippen molar-refractivity contribution in [3.05, 3.63) is 115 Å². The zero-order valence-corrected chi connectivity index (χ0v) is 22.7. The van der Waals surface area contributed by atoms with Crippen LogP contribution in [0.15, 0.2) is 98.1 Å². The van der Waals surface area contributed by atoms with Crippen LogP contribution in [0.1, 0.15) is 28.4 Å². The molecule has 1 aliphatic rings. The van der Waals surface area contributed by atoms with E-state index in [1.54, 1.807) is 24.7 Å². The smallest absolute Gasteiger partial charge is 0.255 e. The van der Waals surface area contributed by atoms with Gasteiger partial charge in [0.2, 0.25) is 5.95 Å². The van der Waals surface area contributed by atoms with Gasteiger partial charge in [-0.2, -0.15) is 0 Å². The highest BCUT2D eigenvalue weighted by molar-refractivity contribution is 6.04. The summed E-state index contributed by atoms with van der Waals surface area (Å²) in [4.78, 5) is 30.9. The lowest BCUT2D eigenvalue weighted by Gasteiger charge is -2.36. The first-order valence-corrected chi connectivity index (χ1v) is 13.3. The van der Waals surface area contributed by atoms with Crippen molar-refractivity contribution in [2.45, 2.75) is 13.5 Å². The molecule has 5 rings (SSSR count). The number of piperazine rings is 1. The first-order valence-electron chi connectivity index (χ1n) is 13.3. The lowest BCUT2D eigenvalue weighted by Crippen LogP contribution is -2.44. The van der Waals surface area contributed by atoms with Crippen molar-refractivity contribution in [2.24, 2.45) is 0 Å². The highest BCUT2D eigenvalue weighted by Crippen LogP contribution is 2.26. The van der Waals surface area contributed by atoms with Gasteiger partial charge in [0.15, 0.2) is 0 Å². The molecule has 0 atom stereocenters. The molecule has 8 heteroatoms. The number of benzene rings is 2. The Morgan fingerprint density at radius 2 is 1.82 bits per heavy atom. The number of pyridine rings is 1. The minimum absolute atomic E-state index is 0.172. The summed E-state index contributed by atoms with van der Waals surface area (Å²) in [6, 6.07) is 19.1. The summed E-state index contributed by atoms with van der Waals surface area (Å²) in [5, 5.41) is 6.27. The van der Waals surface area contributed by atoms with Crippen LogP contribution >= 0.6 is 0 Å². The number of carbonyl (C=O) groups is 1. The second-order valence-electron chi connectivity index (χ2n) is 9.79. The van der Waals surface area contributed by atoms with Crippen LogP contribution in [0.25, 0.3) is 17.3 Å². The number of nitrogens with zero attached hydrogens (tertiary/aromatic N) is 5. The molecule has 1 fully saturated rings. The minimum atomic E-state index is -0.172. The molecule has 2 aromatic carbocycles. The van der Waals surface area contributed by atoms with Crippen molar-refractivity contribution in [1.82, 2.24) is 24.8 Å². The lowest BCUT2D eigenvalue weighted by atomic mass is 10.1. The Balaban J connectivity index is 1.23. The number of carbonyl (C=O) groups excluding carboxylic acids is 1. The third-order valence-corrected chi connectivity index (χ3v) is 6.92. The molecule has 40 heavy (non-hydrogen) atoms. The average molecular weight is 532 g/mol. The van der Waals surface area contributed by atoms with Crippen LogP contribution in [0, 0.1) is 0 Å². The number of hydrogen-bond donors (Lipinski definition) is 2. The van der Waals surface area contributed by atoms with E-state index in [1.807, 2.05) is 60.7 Å². The lowest BCUT2D eigenvalue weighted by molar-refractivity contribution is 0.102.